The molecule has 1 aromatic carbocycles. The number of nitrogens with zero attached hydrogens (tertiary/aromatic N) is 1. The summed E-state index contributed by atoms with van der Waals surface area (Å²) >= 11 is 0. The highest BCUT2D eigenvalue weighted by molar-refractivity contribution is 6.37. The van der Waals surface area contributed by atoms with Crippen LogP contribution in [0.25, 0.3) is 0 Å². The zero-order chi connectivity index (χ0) is 35.9. The maximum Gasteiger partial charge on any atom is 0.315 e. The molecule has 10 heteroatoms. The molecule has 0 spiro atoms. The second-order valence-corrected chi connectivity index (χ2v) is 15.0. The summed E-state index contributed by atoms with van der Waals surface area (Å²) in [7, 11) is 0. The van der Waals surface area contributed by atoms with Gasteiger partial charge in [-0.2, -0.15) is 0 Å². The van der Waals surface area contributed by atoms with Gasteiger partial charge in [-0.3, -0.25) is 19.2 Å². The average molecular weight is 670 g/mol. The van der Waals surface area contributed by atoms with Gasteiger partial charge >= 0.3 is 6.03 Å². The van der Waals surface area contributed by atoms with Crippen molar-refractivity contribution in [3.05, 3.63) is 35.9 Å². The molecule has 2 aliphatic carbocycles. The van der Waals surface area contributed by atoms with Gasteiger partial charge in [0.25, 0.3) is 5.91 Å². The lowest BCUT2D eigenvalue weighted by Gasteiger charge is -2.45. The molecule has 0 radical (unpaired) electrons. The predicted octanol–water partition coefficient (Wildman–Crippen LogP) is 5.98. The Morgan fingerprint density at radius 3 is 2.04 bits per heavy atom. The Balaban J connectivity index is 0.000000415. The van der Waals surface area contributed by atoms with Gasteiger partial charge in [-0.05, 0) is 62.3 Å². The summed E-state index contributed by atoms with van der Waals surface area (Å²) < 4.78 is 0. The first kappa shape index (κ1) is 40.7. The Morgan fingerprint density at radius 1 is 0.979 bits per heavy atom. The molecule has 1 heterocycles. The van der Waals surface area contributed by atoms with Crippen molar-refractivity contribution < 1.29 is 24.0 Å². The van der Waals surface area contributed by atoms with Crippen molar-refractivity contribution in [3.8, 4) is 0 Å². The first-order valence-electron chi connectivity index (χ1n) is 18.2. The lowest BCUT2D eigenvalue weighted by molar-refractivity contribution is -0.137. The topological polar surface area (TPSA) is 151 Å². The summed E-state index contributed by atoms with van der Waals surface area (Å²) in [6, 6.07) is 9.35. The maximum atomic E-state index is 13.4. The number of Topliss-reactive ketones (excluding diaryl/α,β-unsaturated/α-hetero) is 1. The van der Waals surface area contributed by atoms with Gasteiger partial charge in [0, 0.05) is 24.0 Å². The van der Waals surface area contributed by atoms with Crippen LogP contribution in [0.1, 0.15) is 137 Å². The van der Waals surface area contributed by atoms with Crippen LogP contribution in [0, 0.1) is 11.3 Å². The molecular weight excluding hydrogens is 606 g/mol. The van der Waals surface area contributed by atoms with Crippen molar-refractivity contribution in [3.63, 3.8) is 0 Å². The van der Waals surface area contributed by atoms with Crippen LogP contribution in [0.4, 0.5) is 4.79 Å². The van der Waals surface area contributed by atoms with Crippen LogP contribution in [-0.4, -0.2) is 65.1 Å². The molecule has 4 rings (SSSR count). The molecule has 5 N–H and O–H groups in total. The molecule has 5 amide bonds. The lowest BCUT2D eigenvalue weighted by atomic mass is 9.69. The molecule has 4 atom stereocenters. The number of amides is 5. The van der Waals surface area contributed by atoms with Crippen LogP contribution in [0.3, 0.4) is 0 Å². The molecule has 1 aliphatic heterocycles. The van der Waals surface area contributed by atoms with E-state index < -0.39 is 23.8 Å². The smallest absolute Gasteiger partial charge is 0.315 e. The Labute approximate surface area is 289 Å². The largest absolute Gasteiger partial charge is 0.363 e. The van der Waals surface area contributed by atoms with E-state index in [4.69, 9.17) is 5.73 Å². The number of benzene rings is 1. The first-order valence-corrected chi connectivity index (χ1v) is 18.2. The summed E-state index contributed by atoms with van der Waals surface area (Å²) in [6.07, 6.45) is 12.8. The number of hydrogen-bond acceptors (Lipinski definition) is 5. The fourth-order valence-electron chi connectivity index (χ4n) is 7.03. The van der Waals surface area contributed by atoms with Gasteiger partial charge in [-0.15, -0.1) is 0 Å². The number of hydrogen-bond donors (Lipinski definition) is 4. The molecule has 48 heavy (non-hydrogen) atoms. The minimum Gasteiger partial charge on any atom is -0.363 e. The van der Waals surface area contributed by atoms with Gasteiger partial charge < -0.3 is 26.6 Å². The summed E-state index contributed by atoms with van der Waals surface area (Å²) in [5, 5.41) is 8.84. The van der Waals surface area contributed by atoms with Crippen LogP contribution < -0.4 is 21.7 Å². The fraction of sp³-hybridized carbons (Fsp3) is 0.711. The van der Waals surface area contributed by atoms with E-state index in [0.717, 1.165) is 64.3 Å². The Morgan fingerprint density at radius 2 is 1.58 bits per heavy atom. The summed E-state index contributed by atoms with van der Waals surface area (Å²) in [6.45, 7) is 15.5. The standard InChI is InChI=1S/C27H43N3O2.C8H12N2O3.C3H8/c1-6-22(21-15-9-7-10-16-21)27(17-11-8-12-18-27)29-25(32)28-23(26(3,4)5)24(31)30-19-13-14-20(30)2;9-8(13)7(12)6(10-4-11)3-5-1-2-5;1-3-2/h7,9-10,15-16,20,22-23H,6,8,11-14,17-19H2,1-5H3,(H2,28,29,32);4-6H,1-3H2,(H2,9,13)(H,10,11);3H2,1-2H3. The van der Waals surface area contributed by atoms with Gasteiger partial charge in [-0.25, -0.2) is 4.79 Å². The second-order valence-electron chi connectivity index (χ2n) is 15.0. The van der Waals surface area contributed by atoms with Crippen molar-refractivity contribution in [2.24, 2.45) is 17.1 Å². The maximum absolute atomic E-state index is 13.4. The van der Waals surface area contributed by atoms with Crippen molar-refractivity contribution in [1.29, 1.82) is 0 Å². The van der Waals surface area contributed by atoms with Crippen LogP contribution in [0.2, 0.25) is 0 Å². The van der Waals surface area contributed by atoms with E-state index in [1.165, 1.54) is 18.4 Å². The van der Waals surface area contributed by atoms with Crippen molar-refractivity contribution >= 4 is 30.0 Å². The van der Waals surface area contributed by atoms with Gasteiger partial charge in [0.05, 0.1) is 6.04 Å². The fourth-order valence-corrected chi connectivity index (χ4v) is 7.03. The number of likely N-dealkylation sites (tertiary alicyclic amines) is 1. The third-order valence-corrected chi connectivity index (χ3v) is 9.70. The quantitative estimate of drug-likeness (QED) is 0.160. The van der Waals surface area contributed by atoms with Crippen molar-refractivity contribution in [2.45, 2.75) is 155 Å². The Kier molecular flexibility index (Phi) is 16.6. The SMILES string of the molecule is CCC.CCC(c1ccccc1)C1(NC(=O)NC(C(=O)N2CCCC2C)C(C)(C)C)CCCCC1.NC(=O)C(=O)C(CC1CC1)NC=O. The molecule has 0 aromatic heterocycles. The van der Waals surface area contributed by atoms with Crippen LogP contribution in [0.15, 0.2) is 30.3 Å². The van der Waals surface area contributed by atoms with Gasteiger partial charge in [0.2, 0.25) is 18.1 Å². The summed E-state index contributed by atoms with van der Waals surface area (Å²) in [4.78, 5) is 60.6. The van der Waals surface area contributed by atoms with Crippen LogP contribution >= 0.6 is 0 Å². The minimum absolute atomic E-state index is 0.0467. The number of primary amides is 1. The number of carbonyl (C=O) groups is 5. The Bertz CT molecular complexity index is 1170. The minimum atomic E-state index is -0.986. The lowest BCUT2D eigenvalue weighted by Crippen LogP contribution is -2.62. The molecule has 1 saturated heterocycles. The van der Waals surface area contributed by atoms with Gasteiger partial charge in [-0.1, -0.05) is 110 Å². The monoisotopic (exact) mass is 669 g/mol. The number of urea groups is 1. The normalized spacial score (nSPS) is 20.3. The molecule has 4 unspecified atom stereocenters. The number of carbonyl (C=O) groups excluding carboxylic acids is 5. The molecule has 1 aromatic rings. The third-order valence-electron chi connectivity index (χ3n) is 9.70. The van der Waals surface area contributed by atoms with Crippen LogP contribution in [-0.2, 0) is 19.2 Å². The van der Waals surface area contributed by atoms with Crippen molar-refractivity contribution in [2.75, 3.05) is 6.54 Å². The highest BCUT2D eigenvalue weighted by Gasteiger charge is 2.43. The van der Waals surface area contributed by atoms with E-state index in [9.17, 15) is 24.0 Å². The molecule has 2 saturated carbocycles. The van der Waals surface area contributed by atoms with Crippen molar-refractivity contribution in [1.82, 2.24) is 20.9 Å². The highest BCUT2D eigenvalue weighted by atomic mass is 16.2. The number of nitrogens with one attached hydrogen (secondary N) is 3. The van der Waals surface area contributed by atoms with Crippen LogP contribution in [0.5, 0.6) is 0 Å². The highest BCUT2D eigenvalue weighted by Crippen LogP contribution is 2.42. The summed E-state index contributed by atoms with van der Waals surface area (Å²) in [5.74, 6) is -0.928. The van der Waals surface area contributed by atoms with Gasteiger partial charge in [0.15, 0.2) is 0 Å². The summed E-state index contributed by atoms with van der Waals surface area (Å²) in [5.41, 5.74) is 5.47. The zero-order valence-corrected chi connectivity index (χ0v) is 30.6. The molecular formula is C38H63N5O5. The Hall–Kier alpha value is -3.43. The predicted molar refractivity (Wildman–Crippen MR) is 191 cm³/mol. The molecule has 270 valence electrons. The first-order chi connectivity index (χ1) is 22.7. The van der Waals surface area contributed by atoms with E-state index >= 15 is 0 Å². The molecule has 3 aliphatic rings. The molecule has 0 bridgehead atoms. The molecule has 3 fully saturated rings. The van der Waals surface area contributed by atoms with E-state index in [-0.39, 0.29) is 34.9 Å². The number of ketones is 1. The third kappa shape index (κ3) is 12.2. The zero-order valence-electron chi connectivity index (χ0n) is 30.6. The second kappa shape index (κ2) is 19.5. The van der Waals surface area contributed by atoms with E-state index in [2.05, 4.69) is 67.9 Å². The number of rotatable bonds is 12. The van der Waals surface area contributed by atoms with Gasteiger partial charge in [0.1, 0.15) is 6.04 Å². The van der Waals surface area contributed by atoms with E-state index in [1.807, 2.05) is 31.7 Å². The van der Waals surface area contributed by atoms with E-state index in [1.54, 1.807) is 0 Å². The number of nitrogens with two attached hydrogens (primary N) is 1. The average Bonchev–Trinajstić information content (AvgIpc) is 3.76. The molecule has 10 nitrogen and oxygen atoms in total. The van der Waals surface area contributed by atoms with E-state index in [0.29, 0.717) is 18.7 Å².